The number of hydrogen-bond acceptors (Lipinski definition) is 2. The highest BCUT2D eigenvalue weighted by molar-refractivity contribution is 5.19. The van der Waals surface area contributed by atoms with Crippen LogP contribution in [-0.2, 0) is 13.0 Å². The van der Waals surface area contributed by atoms with E-state index in [4.69, 9.17) is 0 Å². The molecule has 0 amide bonds. The largest absolute Gasteiger partial charge is 0.295 e. The maximum atomic E-state index is 4.05. The number of fused-ring (bicyclic) bond motifs is 1. The van der Waals surface area contributed by atoms with Gasteiger partial charge < -0.3 is 0 Å². The molecule has 1 aliphatic rings. The summed E-state index contributed by atoms with van der Waals surface area (Å²) in [6.07, 6.45) is 7.35. The molecule has 1 aliphatic heterocycles. The number of nitrogens with one attached hydrogen (secondary N) is 1. The number of aromatic amines is 1. The Kier molecular flexibility index (Phi) is 2.45. The number of H-pyrrole nitrogens is 1. The van der Waals surface area contributed by atoms with E-state index in [2.05, 4.69) is 34.2 Å². The standard InChI is InChI=1S/C10H15N3/c1-2-3-5-13-6-4-10-9(8-13)7-11-12-10/h2-3,7H,4-6,8H2,1H3,(H,11,12)/b3-2+. The fourth-order valence-electron chi connectivity index (χ4n) is 1.69. The zero-order valence-electron chi connectivity index (χ0n) is 7.95. The molecule has 3 heteroatoms. The van der Waals surface area contributed by atoms with Crippen LogP contribution >= 0.6 is 0 Å². The predicted molar refractivity (Wildman–Crippen MR) is 52.4 cm³/mol. The van der Waals surface area contributed by atoms with E-state index in [0.29, 0.717) is 0 Å². The quantitative estimate of drug-likeness (QED) is 0.691. The van der Waals surface area contributed by atoms with Crippen LogP contribution in [0.4, 0.5) is 0 Å². The van der Waals surface area contributed by atoms with Crippen molar-refractivity contribution in [2.75, 3.05) is 13.1 Å². The summed E-state index contributed by atoms with van der Waals surface area (Å²) in [6, 6.07) is 0. The van der Waals surface area contributed by atoms with Crippen LogP contribution in [0.5, 0.6) is 0 Å². The molecule has 0 bridgehead atoms. The summed E-state index contributed by atoms with van der Waals surface area (Å²) >= 11 is 0. The molecule has 0 saturated carbocycles. The van der Waals surface area contributed by atoms with Crippen molar-refractivity contribution in [1.82, 2.24) is 15.1 Å². The fourth-order valence-corrected chi connectivity index (χ4v) is 1.69. The summed E-state index contributed by atoms with van der Waals surface area (Å²) < 4.78 is 0. The molecule has 1 aromatic heterocycles. The lowest BCUT2D eigenvalue weighted by molar-refractivity contribution is 0.281. The molecular formula is C10H15N3. The molecule has 3 nitrogen and oxygen atoms in total. The Morgan fingerprint density at radius 1 is 1.69 bits per heavy atom. The van der Waals surface area contributed by atoms with Gasteiger partial charge in [0.15, 0.2) is 0 Å². The van der Waals surface area contributed by atoms with Crippen LogP contribution in [0.1, 0.15) is 18.2 Å². The summed E-state index contributed by atoms with van der Waals surface area (Å²) in [5.41, 5.74) is 2.67. The molecule has 1 N–H and O–H groups in total. The average Bonchev–Trinajstić information content (AvgIpc) is 2.61. The number of rotatable bonds is 2. The lowest BCUT2D eigenvalue weighted by Crippen LogP contribution is -2.30. The van der Waals surface area contributed by atoms with Crippen LogP contribution in [0.2, 0.25) is 0 Å². The maximum absolute atomic E-state index is 4.05. The molecule has 70 valence electrons. The molecular weight excluding hydrogens is 162 g/mol. The van der Waals surface area contributed by atoms with E-state index in [1.807, 2.05) is 6.20 Å². The molecule has 0 saturated heterocycles. The van der Waals surface area contributed by atoms with E-state index in [1.54, 1.807) is 0 Å². The lowest BCUT2D eigenvalue weighted by Gasteiger charge is -2.24. The third-order valence-electron chi connectivity index (χ3n) is 2.48. The molecule has 0 atom stereocenters. The molecule has 2 rings (SSSR count). The normalized spacial score (nSPS) is 17.9. The summed E-state index contributed by atoms with van der Waals surface area (Å²) in [5.74, 6) is 0. The Bertz CT molecular complexity index is 301. The molecule has 0 aliphatic carbocycles. The monoisotopic (exact) mass is 177 g/mol. The molecule has 0 fully saturated rings. The lowest BCUT2D eigenvalue weighted by atomic mass is 10.1. The van der Waals surface area contributed by atoms with Gasteiger partial charge in [-0.3, -0.25) is 10.00 Å². The second-order valence-electron chi connectivity index (χ2n) is 3.43. The van der Waals surface area contributed by atoms with Crippen molar-refractivity contribution < 1.29 is 0 Å². The Hall–Kier alpha value is -1.09. The number of allylic oxidation sites excluding steroid dienone is 1. The Morgan fingerprint density at radius 2 is 2.62 bits per heavy atom. The van der Waals surface area contributed by atoms with Crippen LogP contribution in [0.25, 0.3) is 0 Å². The molecule has 0 aromatic carbocycles. The van der Waals surface area contributed by atoms with Gasteiger partial charge in [0, 0.05) is 37.3 Å². The summed E-state index contributed by atoms with van der Waals surface area (Å²) in [5, 5.41) is 7.09. The van der Waals surface area contributed by atoms with Gasteiger partial charge in [-0.15, -0.1) is 0 Å². The first-order valence-electron chi connectivity index (χ1n) is 4.75. The van der Waals surface area contributed by atoms with E-state index in [1.165, 1.54) is 11.3 Å². The molecule has 13 heavy (non-hydrogen) atoms. The van der Waals surface area contributed by atoms with Gasteiger partial charge in [0.1, 0.15) is 0 Å². The smallest absolute Gasteiger partial charge is 0.0535 e. The van der Waals surface area contributed by atoms with Crippen molar-refractivity contribution in [3.8, 4) is 0 Å². The Morgan fingerprint density at radius 3 is 3.46 bits per heavy atom. The first-order chi connectivity index (χ1) is 6.40. The second kappa shape index (κ2) is 3.75. The van der Waals surface area contributed by atoms with Gasteiger partial charge in [0.05, 0.1) is 6.20 Å². The highest BCUT2D eigenvalue weighted by atomic mass is 15.2. The molecule has 0 spiro atoms. The third kappa shape index (κ3) is 1.80. The molecule has 0 radical (unpaired) electrons. The van der Waals surface area contributed by atoms with Crippen molar-refractivity contribution >= 4 is 0 Å². The SMILES string of the molecule is C/C=C/CN1CCc2[nH]ncc2C1. The Balaban J connectivity index is 2.00. The molecule has 2 heterocycles. The van der Waals surface area contributed by atoms with Crippen LogP contribution in [0, 0.1) is 0 Å². The van der Waals surface area contributed by atoms with Gasteiger partial charge in [-0.25, -0.2) is 0 Å². The van der Waals surface area contributed by atoms with Crippen LogP contribution in [0.15, 0.2) is 18.3 Å². The highest BCUT2D eigenvalue weighted by Gasteiger charge is 2.15. The van der Waals surface area contributed by atoms with Crippen LogP contribution < -0.4 is 0 Å². The van der Waals surface area contributed by atoms with E-state index in [-0.39, 0.29) is 0 Å². The number of nitrogens with zero attached hydrogens (tertiary/aromatic N) is 2. The molecule has 1 aromatic rings. The minimum atomic E-state index is 1.04. The van der Waals surface area contributed by atoms with E-state index in [9.17, 15) is 0 Å². The van der Waals surface area contributed by atoms with Gasteiger partial charge in [-0.05, 0) is 6.92 Å². The number of hydrogen-bond donors (Lipinski definition) is 1. The van der Waals surface area contributed by atoms with E-state index < -0.39 is 0 Å². The zero-order valence-corrected chi connectivity index (χ0v) is 7.95. The second-order valence-corrected chi connectivity index (χ2v) is 3.43. The van der Waals surface area contributed by atoms with E-state index in [0.717, 1.165) is 26.1 Å². The minimum absolute atomic E-state index is 1.04. The van der Waals surface area contributed by atoms with Crippen LogP contribution in [-0.4, -0.2) is 28.2 Å². The summed E-state index contributed by atoms with van der Waals surface area (Å²) in [6.45, 7) is 5.30. The first-order valence-corrected chi connectivity index (χ1v) is 4.75. The topological polar surface area (TPSA) is 31.9 Å². The predicted octanol–water partition coefficient (Wildman–Crippen LogP) is 1.34. The summed E-state index contributed by atoms with van der Waals surface area (Å²) in [4.78, 5) is 2.43. The summed E-state index contributed by atoms with van der Waals surface area (Å²) in [7, 11) is 0. The van der Waals surface area contributed by atoms with Crippen LogP contribution in [0.3, 0.4) is 0 Å². The van der Waals surface area contributed by atoms with Crippen molar-refractivity contribution in [3.63, 3.8) is 0 Å². The fraction of sp³-hybridized carbons (Fsp3) is 0.500. The maximum Gasteiger partial charge on any atom is 0.0535 e. The van der Waals surface area contributed by atoms with Crippen molar-refractivity contribution in [2.24, 2.45) is 0 Å². The minimum Gasteiger partial charge on any atom is -0.295 e. The van der Waals surface area contributed by atoms with E-state index >= 15 is 0 Å². The van der Waals surface area contributed by atoms with Gasteiger partial charge in [-0.1, -0.05) is 12.2 Å². The van der Waals surface area contributed by atoms with Crippen molar-refractivity contribution in [3.05, 3.63) is 29.6 Å². The number of aromatic nitrogens is 2. The average molecular weight is 177 g/mol. The molecule has 0 unspecified atom stereocenters. The van der Waals surface area contributed by atoms with Gasteiger partial charge in [0.25, 0.3) is 0 Å². The first kappa shape index (κ1) is 8.51. The van der Waals surface area contributed by atoms with Gasteiger partial charge in [0.2, 0.25) is 0 Å². The third-order valence-corrected chi connectivity index (χ3v) is 2.48. The highest BCUT2D eigenvalue weighted by Crippen LogP contribution is 2.15. The van der Waals surface area contributed by atoms with Gasteiger partial charge >= 0.3 is 0 Å². The van der Waals surface area contributed by atoms with Crippen molar-refractivity contribution in [1.29, 1.82) is 0 Å². The van der Waals surface area contributed by atoms with Crippen molar-refractivity contribution in [2.45, 2.75) is 19.9 Å². The Labute approximate surface area is 78.4 Å². The zero-order chi connectivity index (χ0) is 9.10. The van der Waals surface area contributed by atoms with Gasteiger partial charge in [-0.2, -0.15) is 5.10 Å².